The van der Waals surface area contributed by atoms with E-state index < -0.39 is 0 Å². The molecule has 4 nitrogen and oxygen atoms in total. The van der Waals surface area contributed by atoms with Crippen LogP contribution in [0.4, 0.5) is 5.69 Å². The summed E-state index contributed by atoms with van der Waals surface area (Å²) in [5.74, 6) is 1.02. The summed E-state index contributed by atoms with van der Waals surface area (Å²) in [4.78, 5) is 16.7. The third kappa shape index (κ3) is 3.93. The zero-order valence-electron chi connectivity index (χ0n) is 12.9. The minimum Gasteiger partial charge on any atom is -0.368 e. The predicted molar refractivity (Wildman–Crippen MR) is 90.5 cm³/mol. The summed E-state index contributed by atoms with van der Waals surface area (Å²) in [7, 11) is 0. The topological polar surface area (TPSA) is 35.6 Å². The van der Waals surface area contributed by atoms with Crippen molar-refractivity contribution >= 4 is 23.2 Å². The minimum absolute atomic E-state index is 0.322. The van der Waals surface area contributed by atoms with E-state index in [4.69, 9.17) is 11.6 Å². The Morgan fingerprint density at radius 2 is 1.91 bits per heavy atom. The van der Waals surface area contributed by atoms with E-state index in [1.807, 2.05) is 29.2 Å². The Hall–Kier alpha value is -1.26. The summed E-state index contributed by atoms with van der Waals surface area (Å²) in [6, 6.07) is 7.94. The monoisotopic (exact) mass is 321 g/mol. The van der Waals surface area contributed by atoms with Gasteiger partial charge in [-0.15, -0.1) is 0 Å². The molecule has 5 heteroatoms. The van der Waals surface area contributed by atoms with E-state index >= 15 is 0 Å². The Kier molecular flexibility index (Phi) is 5.21. The molecule has 0 radical (unpaired) electrons. The van der Waals surface area contributed by atoms with Crippen LogP contribution in [-0.4, -0.2) is 50.1 Å². The first kappa shape index (κ1) is 15.6. The molecule has 2 aliphatic rings. The molecular formula is C17H24ClN3O. The summed E-state index contributed by atoms with van der Waals surface area (Å²) in [6.45, 7) is 5.64. The molecule has 1 aromatic carbocycles. The predicted octanol–water partition coefficient (Wildman–Crippen LogP) is 2.38. The van der Waals surface area contributed by atoms with E-state index in [0.717, 1.165) is 50.7 Å². The lowest BCUT2D eigenvalue weighted by Gasteiger charge is -2.36. The second-order valence-electron chi connectivity index (χ2n) is 6.24. The summed E-state index contributed by atoms with van der Waals surface area (Å²) in [5.41, 5.74) is 1.19. The van der Waals surface area contributed by atoms with Gasteiger partial charge in [-0.25, -0.2) is 0 Å². The molecule has 0 aliphatic carbocycles. The number of benzene rings is 1. The summed E-state index contributed by atoms with van der Waals surface area (Å²) >= 11 is 5.93. The normalized spacial score (nSPS) is 22.1. The van der Waals surface area contributed by atoms with Crippen molar-refractivity contribution in [2.45, 2.75) is 19.3 Å². The Morgan fingerprint density at radius 1 is 1.18 bits per heavy atom. The van der Waals surface area contributed by atoms with Gasteiger partial charge in [0.05, 0.1) is 0 Å². The highest BCUT2D eigenvalue weighted by molar-refractivity contribution is 6.30. The quantitative estimate of drug-likeness (QED) is 0.925. The fraction of sp³-hybridized carbons (Fsp3) is 0.588. The lowest BCUT2D eigenvalue weighted by atomic mass is 10.0. The molecule has 2 heterocycles. The second kappa shape index (κ2) is 7.34. The summed E-state index contributed by atoms with van der Waals surface area (Å²) in [6.07, 6.45) is 2.95. The molecule has 1 amide bonds. The van der Waals surface area contributed by atoms with Gasteiger partial charge in [-0.05, 0) is 56.1 Å². The van der Waals surface area contributed by atoms with Crippen LogP contribution in [-0.2, 0) is 4.79 Å². The van der Waals surface area contributed by atoms with Gasteiger partial charge in [-0.2, -0.15) is 0 Å². The van der Waals surface area contributed by atoms with Crippen LogP contribution in [0.15, 0.2) is 24.3 Å². The van der Waals surface area contributed by atoms with Gasteiger partial charge in [0.25, 0.3) is 0 Å². The van der Waals surface area contributed by atoms with E-state index in [0.29, 0.717) is 18.2 Å². The molecule has 2 fully saturated rings. The molecule has 0 spiro atoms. The van der Waals surface area contributed by atoms with Gasteiger partial charge in [-0.1, -0.05) is 11.6 Å². The maximum absolute atomic E-state index is 12.3. The number of halogens is 1. The molecule has 0 saturated carbocycles. The molecule has 2 saturated heterocycles. The number of hydrogen-bond acceptors (Lipinski definition) is 3. The molecule has 1 N–H and O–H groups in total. The fourth-order valence-corrected chi connectivity index (χ4v) is 3.44. The van der Waals surface area contributed by atoms with Gasteiger partial charge in [0.2, 0.25) is 5.91 Å². The number of amides is 1. The number of nitrogens with one attached hydrogen (secondary N) is 1. The third-order valence-corrected chi connectivity index (χ3v) is 5.00. The van der Waals surface area contributed by atoms with Crippen LogP contribution >= 0.6 is 11.6 Å². The maximum atomic E-state index is 12.3. The first-order valence-electron chi connectivity index (χ1n) is 8.21. The molecule has 2 aliphatic heterocycles. The highest BCUT2D eigenvalue weighted by Gasteiger charge is 2.22. The van der Waals surface area contributed by atoms with Crippen molar-refractivity contribution in [3.05, 3.63) is 29.3 Å². The SMILES string of the molecule is O=C(CCC1CCNC1)N1CCN(c2ccc(Cl)cc2)CC1. The smallest absolute Gasteiger partial charge is 0.222 e. The van der Waals surface area contributed by atoms with Crippen molar-refractivity contribution in [1.82, 2.24) is 10.2 Å². The van der Waals surface area contributed by atoms with Crippen LogP contribution < -0.4 is 10.2 Å². The van der Waals surface area contributed by atoms with Crippen LogP contribution in [0, 0.1) is 5.92 Å². The Bertz CT molecular complexity index is 491. The van der Waals surface area contributed by atoms with Crippen molar-refractivity contribution in [3.63, 3.8) is 0 Å². The van der Waals surface area contributed by atoms with Gasteiger partial charge in [0.1, 0.15) is 0 Å². The Morgan fingerprint density at radius 3 is 2.55 bits per heavy atom. The number of hydrogen-bond donors (Lipinski definition) is 1. The van der Waals surface area contributed by atoms with Crippen molar-refractivity contribution in [1.29, 1.82) is 0 Å². The minimum atomic E-state index is 0.322. The molecule has 1 aromatic rings. The van der Waals surface area contributed by atoms with Crippen LogP contribution in [0.3, 0.4) is 0 Å². The molecule has 0 aromatic heterocycles. The van der Waals surface area contributed by atoms with Gasteiger partial charge in [-0.3, -0.25) is 4.79 Å². The molecule has 120 valence electrons. The molecule has 22 heavy (non-hydrogen) atoms. The highest BCUT2D eigenvalue weighted by Crippen LogP contribution is 2.20. The highest BCUT2D eigenvalue weighted by atomic mass is 35.5. The number of rotatable bonds is 4. The van der Waals surface area contributed by atoms with Crippen LogP contribution in [0.2, 0.25) is 5.02 Å². The lowest BCUT2D eigenvalue weighted by molar-refractivity contribution is -0.131. The van der Waals surface area contributed by atoms with Crippen molar-refractivity contribution in [3.8, 4) is 0 Å². The van der Waals surface area contributed by atoms with Crippen LogP contribution in [0.25, 0.3) is 0 Å². The van der Waals surface area contributed by atoms with Crippen molar-refractivity contribution < 1.29 is 4.79 Å². The second-order valence-corrected chi connectivity index (χ2v) is 6.68. The standard InChI is InChI=1S/C17H24ClN3O/c18-15-2-4-16(5-3-15)20-9-11-21(12-10-20)17(22)6-1-14-7-8-19-13-14/h2-5,14,19H,1,6-13H2. The number of carbonyl (C=O) groups is 1. The maximum Gasteiger partial charge on any atom is 0.222 e. The van der Waals surface area contributed by atoms with Crippen LogP contribution in [0.1, 0.15) is 19.3 Å². The van der Waals surface area contributed by atoms with Crippen LogP contribution in [0.5, 0.6) is 0 Å². The summed E-state index contributed by atoms with van der Waals surface area (Å²) in [5, 5.41) is 4.13. The van der Waals surface area contributed by atoms with Gasteiger partial charge in [0.15, 0.2) is 0 Å². The molecule has 1 unspecified atom stereocenters. The summed E-state index contributed by atoms with van der Waals surface area (Å²) < 4.78 is 0. The number of piperazine rings is 1. The Labute approximate surface area is 137 Å². The molecule has 3 rings (SSSR count). The van der Waals surface area contributed by atoms with E-state index in [-0.39, 0.29) is 0 Å². The zero-order valence-corrected chi connectivity index (χ0v) is 13.7. The van der Waals surface area contributed by atoms with E-state index in [2.05, 4.69) is 10.2 Å². The third-order valence-electron chi connectivity index (χ3n) is 4.75. The molecule has 1 atom stereocenters. The van der Waals surface area contributed by atoms with E-state index in [9.17, 15) is 4.79 Å². The fourth-order valence-electron chi connectivity index (χ4n) is 3.31. The van der Waals surface area contributed by atoms with E-state index in [1.165, 1.54) is 12.1 Å². The first-order chi connectivity index (χ1) is 10.7. The number of carbonyl (C=O) groups excluding carboxylic acids is 1. The zero-order chi connectivity index (χ0) is 15.4. The van der Waals surface area contributed by atoms with Crippen molar-refractivity contribution in [2.75, 3.05) is 44.2 Å². The van der Waals surface area contributed by atoms with Gasteiger partial charge < -0.3 is 15.1 Å². The van der Waals surface area contributed by atoms with E-state index in [1.54, 1.807) is 0 Å². The van der Waals surface area contributed by atoms with Crippen molar-refractivity contribution in [2.24, 2.45) is 5.92 Å². The molecule has 0 bridgehead atoms. The number of nitrogens with zero attached hydrogens (tertiary/aromatic N) is 2. The average molecular weight is 322 g/mol. The van der Waals surface area contributed by atoms with Gasteiger partial charge in [0, 0.05) is 43.3 Å². The largest absolute Gasteiger partial charge is 0.368 e. The number of anilines is 1. The lowest BCUT2D eigenvalue weighted by Crippen LogP contribution is -2.48. The first-order valence-corrected chi connectivity index (χ1v) is 8.59. The Balaban J connectivity index is 1.44. The van der Waals surface area contributed by atoms with Gasteiger partial charge >= 0.3 is 0 Å². The molecular weight excluding hydrogens is 298 g/mol. The average Bonchev–Trinajstić information content (AvgIpc) is 3.07.